The molecule has 0 aliphatic rings. The second-order valence-corrected chi connectivity index (χ2v) is 6.32. The summed E-state index contributed by atoms with van der Waals surface area (Å²) in [5.41, 5.74) is 5.32. The summed E-state index contributed by atoms with van der Waals surface area (Å²) in [5, 5.41) is 7.89. The van der Waals surface area contributed by atoms with E-state index in [1.54, 1.807) is 12.1 Å². The predicted octanol–water partition coefficient (Wildman–Crippen LogP) is 4.45. The van der Waals surface area contributed by atoms with E-state index in [2.05, 4.69) is 15.6 Å². The molecule has 0 saturated carbocycles. The van der Waals surface area contributed by atoms with E-state index in [0.29, 0.717) is 11.7 Å². The monoisotopic (exact) mass is 341 g/mol. The average molecular weight is 341 g/mol. The Bertz CT molecular complexity index is 868. The van der Waals surface area contributed by atoms with Gasteiger partial charge in [-0.3, -0.25) is 0 Å². The van der Waals surface area contributed by atoms with Crippen molar-refractivity contribution in [2.75, 3.05) is 11.9 Å². The van der Waals surface area contributed by atoms with E-state index in [0.717, 1.165) is 34.3 Å². The molecule has 0 fully saturated rings. The van der Waals surface area contributed by atoms with Crippen molar-refractivity contribution in [3.63, 3.8) is 0 Å². The number of H-pyrrole nitrogens is 1. The summed E-state index contributed by atoms with van der Waals surface area (Å²) in [5.74, 6) is -0.215. The number of halogens is 1. The van der Waals surface area contributed by atoms with Crippen molar-refractivity contribution in [3.05, 3.63) is 65.1 Å². The molecule has 3 aromatic rings. The number of benzene rings is 2. The number of anilines is 1. The fourth-order valence-electron chi connectivity index (χ4n) is 2.79. The standard InChI is InChI=1S/C19H20FN3S/c1-12-3-6-15(7-4-12)23-19(24)21-10-9-16-13(2)22-18-8-5-14(20)11-17(16)18/h3-8,11,22H,9-10H2,1-2H3,(H2,21,23,24). The van der Waals surface area contributed by atoms with Gasteiger partial charge in [0.15, 0.2) is 5.11 Å². The lowest BCUT2D eigenvalue weighted by Crippen LogP contribution is -2.30. The summed E-state index contributed by atoms with van der Waals surface area (Å²) >= 11 is 5.32. The Hall–Kier alpha value is -2.40. The van der Waals surface area contributed by atoms with Crippen LogP contribution >= 0.6 is 12.2 Å². The highest BCUT2D eigenvalue weighted by molar-refractivity contribution is 7.80. The Kier molecular flexibility index (Phi) is 4.81. The first-order valence-corrected chi connectivity index (χ1v) is 8.32. The SMILES string of the molecule is Cc1ccc(NC(=S)NCCc2c(C)[nH]c3ccc(F)cc23)cc1. The van der Waals surface area contributed by atoms with Crippen LogP contribution < -0.4 is 10.6 Å². The van der Waals surface area contributed by atoms with E-state index in [1.807, 2.05) is 38.1 Å². The van der Waals surface area contributed by atoms with Gasteiger partial charge in [-0.25, -0.2) is 4.39 Å². The molecule has 0 atom stereocenters. The molecule has 0 aliphatic carbocycles. The number of thiocarbonyl (C=S) groups is 1. The topological polar surface area (TPSA) is 39.8 Å². The number of aromatic amines is 1. The number of hydrogen-bond acceptors (Lipinski definition) is 1. The Morgan fingerprint density at radius 1 is 1.12 bits per heavy atom. The van der Waals surface area contributed by atoms with Crippen molar-refractivity contribution in [3.8, 4) is 0 Å². The van der Waals surface area contributed by atoms with Crippen molar-refractivity contribution in [2.24, 2.45) is 0 Å². The Labute approximate surface area is 146 Å². The van der Waals surface area contributed by atoms with Gasteiger partial charge in [0.2, 0.25) is 0 Å². The summed E-state index contributed by atoms with van der Waals surface area (Å²) < 4.78 is 13.5. The molecule has 0 aliphatic heterocycles. The van der Waals surface area contributed by atoms with Gasteiger partial charge in [-0.1, -0.05) is 17.7 Å². The smallest absolute Gasteiger partial charge is 0.170 e. The van der Waals surface area contributed by atoms with Gasteiger partial charge in [0, 0.05) is 28.8 Å². The van der Waals surface area contributed by atoms with E-state index in [1.165, 1.54) is 11.6 Å². The van der Waals surface area contributed by atoms with Crippen molar-refractivity contribution in [1.29, 1.82) is 0 Å². The molecule has 1 aromatic heterocycles. The van der Waals surface area contributed by atoms with E-state index >= 15 is 0 Å². The van der Waals surface area contributed by atoms with Crippen LogP contribution in [-0.4, -0.2) is 16.6 Å². The van der Waals surface area contributed by atoms with Crippen molar-refractivity contribution in [1.82, 2.24) is 10.3 Å². The fraction of sp³-hybridized carbons (Fsp3) is 0.211. The van der Waals surface area contributed by atoms with Gasteiger partial charge >= 0.3 is 0 Å². The van der Waals surface area contributed by atoms with Gasteiger partial charge in [0.25, 0.3) is 0 Å². The molecule has 3 N–H and O–H groups in total. The van der Waals surface area contributed by atoms with E-state index in [-0.39, 0.29) is 5.82 Å². The van der Waals surface area contributed by atoms with Crippen LogP contribution in [0.1, 0.15) is 16.8 Å². The molecular weight excluding hydrogens is 321 g/mol. The quantitative estimate of drug-likeness (QED) is 0.614. The maximum absolute atomic E-state index is 13.5. The van der Waals surface area contributed by atoms with Crippen LogP contribution in [0.4, 0.5) is 10.1 Å². The van der Waals surface area contributed by atoms with Crippen molar-refractivity contribution >= 4 is 33.9 Å². The number of aromatic nitrogens is 1. The number of hydrogen-bond donors (Lipinski definition) is 3. The molecule has 0 amide bonds. The van der Waals surface area contributed by atoms with E-state index in [4.69, 9.17) is 12.2 Å². The van der Waals surface area contributed by atoms with Crippen LogP contribution in [0.2, 0.25) is 0 Å². The molecule has 0 spiro atoms. The zero-order chi connectivity index (χ0) is 17.1. The predicted molar refractivity (Wildman–Crippen MR) is 102 cm³/mol. The van der Waals surface area contributed by atoms with Crippen LogP contribution in [0, 0.1) is 19.7 Å². The third-order valence-corrected chi connectivity index (χ3v) is 4.30. The lowest BCUT2D eigenvalue weighted by Gasteiger charge is -2.11. The molecule has 1 heterocycles. The number of rotatable bonds is 4. The average Bonchev–Trinajstić information content (AvgIpc) is 2.85. The van der Waals surface area contributed by atoms with Gasteiger partial charge in [0.1, 0.15) is 5.82 Å². The third-order valence-electron chi connectivity index (χ3n) is 4.05. The fourth-order valence-corrected chi connectivity index (χ4v) is 3.01. The molecule has 5 heteroatoms. The van der Waals surface area contributed by atoms with Crippen molar-refractivity contribution in [2.45, 2.75) is 20.3 Å². The molecule has 2 aromatic carbocycles. The molecule has 0 unspecified atom stereocenters. The summed E-state index contributed by atoms with van der Waals surface area (Å²) in [6.07, 6.45) is 0.769. The summed E-state index contributed by atoms with van der Waals surface area (Å²) in [6.45, 7) is 4.74. The van der Waals surface area contributed by atoms with Crippen molar-refractivity contribution < 1.29 is 4.39 Å². The minimum atomic E-state index is -0.215. The first-order chi connectivity index (χ1) is 11.5. The maximum Gasteiger partial charge on any atom is 0.170 e. The van der Waals surface area contributed by atoms with Gasteiger partial charge in [-0.2, -0.15) is 0 Å². The Morgan fingerprint density at radius 3 is 2.62 bits per heavy atom. The highest BCUT2D eigenvalue weighted by Gasteiger charge is 2.09. The summed E-state index contributed by atoms with van der Waals surface area (Å²) in [4.78, 5) is 3.29. The summed E-state index contributed by atoms with van der Waals surface area (Å²) in [7, 11) is 0. The third kappa shape index (κ3) is 3.74. The first-order valence-electron chi connectivity index (χ1n) is 7.91. The molecular formula is C19H20FN3S. The van der Waals surface area contributed by atoms with E-state index < -0.39 is 0 Å². The minimum Gasteiger partial charge on any atom is -0.362 e. The normalized spacial score (nSPS) is 10.8. The van der Waals surface area contributed by atoms with Crippen LogP contribution in [0.3, 0.4) is 0 Å². The number of fused-ring (bicyclic) bond motifs is 1. The zero-order valence-electron chi connectivity index (χ0n) is 13.7. The van der Waals surface area contributed by atoms with Gasteiger partial charge in [-0.15, -0.1) is 0 Å². The zero-order valence-corrected chi connectivity index (χ0v) is 14.6. The second-order valence-electron chi connectivity index (χ2n) is 5.92. The lowest BCUT2D eigenvalue weighted by atomic mass is 10.1. The molecule has 0 bridgehead atoms. The molecule has 24 heavy (non-hydrogen) atoms. The molecule has 3 rings (SSSR count). The van der Waals surface area contributed by atoms with Gasteiger partial charge < -0.3 is 15.6 Å². The molecule has 124 valence electrons. The molecule has 0 radical (unpaired) electrons. The largest absolute Gasteiger partial charge is 0.362 e. The van der Waals surface area contributed by atoms with Crippen LogP contribution in [-0.2, 0) is 6.42 Å². The molecule has 0 saturated heterocycles. The number of aryl methyl sites for hydroxylation is 2. The second kappa shape index (κ2) is 7.01. The number of nitrogens with one attached hydrogen (secondary N) is 3. The van der Waals surface area contributed by atoms with E-state index in [9.17, 15) is 4.39 Å². The Balaban J connectivity index is 1.60. The maximum atomic E-state index is 13.5. The molecule has 3 nitrogen and oxygen atoms in total. The van der Waals surface area contributed by atoms with Crippen LogP contribution in [0.25, 0.3) is 10.9 Å². The van der Waals surface area contributed by atoms with Crippen LogP contribution in [0.5, 0.6) is 0 Å². The minimum absolute atomic E-state index is 0.215. The van der Waals surface area contributed by atoms with Gasteiger partial charge in [0.05, 0.1) is 0 Å². The lowest BCUT2D eigenvalue weighted by molar-refractivity contribution is 0.629. The highest BCUT2D eigenvalue weighted by Crippen LogP contribution is 2.23. The Morgan fingerprint density at radius 2 is 1.88 bits per heavy atom. The van der Waals surface area contributed by atoms with Crippen LogP contribution in [0.15, 0.2) is 42.5 Å². The van der Waals surface area contributed by atoms with Gasteiger partial charge in [-0.05, 0) is 68.4 Å². The highest BCUT2D eigenvalue weighted by atomic mass is 32.1. The first kappa shape index (κ1) is 16.5. The summed E-state index contributed by atoms with van der Waals surface area (Å²) in [6, 6.07) is 12.9.